The minimum atomic E-state index is 0.531. The van der Waals surface area contributed by atoms with Crippen molar-refractivity contribution in [1.82, 2.24) is 15.1 Å². The third-order valence-corrected chi connectivity index (χ3v) is 4.49. The van der Waals surface area contributed by atoms with Crippen molar-refractivity contribution in [2.75, 3.05) is 6.54 Å². The quantitative estimate of drug-likeness (QED) is 0.871. The number of nitrogens with one attached hydrogen (secondary N) is 1. The molecule has 0 saturated heterocycles. The van der Waals surface area contributed by atoms with Gasteiger partial charge < -0.3 is 5.32 Å². The van der Waals surface area contributed by atoms with Gasteiger partial charge >= 0.3 is 0 Å². The summed E-state index contributed by atoms with van der Waals surface area (Å²) in [6.07, 6.45) is 7.44. The highest BCUT2D eigenvalue weighted by Crippen LogP contribution is 2.28. The lowest BCUT2D eigenvalue weighted by Gasteiger charge is -2.12. The highest BCUT2D eigenvalue weighted by molar-refractivity contribution is 5.19. The summed E-state index contributed by atoms with van der Waals surface area (Å²) in [5.74, 6) is 0.531. The van der Waals surface area contributed by atoms with Gasteiger partial charge in [0.2, 0.25) is 0 Å². The standard InChI is InChI=1S/C18H25N3/c1-15(16-7-3-2-4-8-16)13-19-14-17-11-12-21(20-17)18-9-5-6-10-18/h2-4,7-8,11-12,15,18-19H,5-6,9-10,13-14H2,1H3. The Kier molecular flexibility index (Phi) is 4.71. The number of hydrogen-bond donors (Lipinski definition) is 1. The van der Waals surface area contributed by atoms with Crippen molar-refractivity contribution in [3.63, 3.8) is 0 Å². The first kappa shape index (κ1) is 14.3. The van der Waals surface area contributed by atoms with Crippen LogP contribution in [-0.4, -0.2) is 16.3 Å². The van der Waals surface area contributed by atoms with Gasteiger partial charge in [-0.25, -0.2) is 0 Å². The first-order valence-corrected chi connectivity index (χ1v) is 8.12. The van der Waals surface area contributed by atoms with E-state index in [0.29, 0.717) is 12.0 Å². The van der Waals surface area contributed by atoms with E-state index in [1.807, 2.05) is 0 Å². The molecular weight excluding hydrogens is 258 g/mol. The van der Waals surface area contributed by atoms with Crippen molar-refractivity contribution in [1.29, 1.82) is 0 Å². The van der Waals surface area contributed by atoms with Crippen LogP contribution >= 0.6 is 0 Å². The van der Waals surface area contributed by atoms with E-state index in [1.54, 1.807) is 0 Å². The van der Waals surface area contributed by atoms with E-state index >= 15 is 0 Å². The van der Waals surface area contributed by atoms with Gasteiger partial charge in [0.15, 0.2) is 0 Å². The molecule has 1 aromatic carbocycles. The molecule has 1 aliphatic rings. The van der Waals surface area contributed by atoms with Crippen molar-refractivity contribution in [3.05, 3.63) is 53.9 Å². The average molecular weight is 283 g/mol. The highest BCUT2D eigenvalue weighted by Gasteiger charge is 2.17. The van der Waals surface area contributed by atoms with Crippen LogP contribution < -0.4 is 5.32 Å². The number of aromatic nitrogens is 2. The molecular formula is C18H25N3. The molecule has 0 spiro atoms. The maximum absolute atomic E-state index is 4.72. The van der Waals surface area contributed by atoms with Crippen LogP contribution in [0.5, 0.6) is 0 Å². The molecule has 1 saturated carbocycles. The van der Waals surface area contributed by atoms with E-state index in [0.717, 1.165) is 18.8 Å². The molecule has 3 heteroatoms. The minimum absolute atomic E-state index is 0.531. The van der Waals surface area contributed by atoms with Gasteiger partial charge in [0, 0.05) is 19.3 Å². The Morgan fingerprint density at radius 2 is 1.95 bits per heavy atom. The molecule has 1 heterocycles. The Morgan fingerprint density at radius 3 is 2.71 bits per heavy atom. The second kappa shape index (κ2) is 6.90. The van der Waals surface area contributed by atoms with Gasteiger partial charge in [0.05, 0.1) is 11.7 Å². The third-order valence-electron chi connectivity index (χ3n) is 4.49. The third kappa shape index (κ3) is 3.73. The molecule has 3 nitrogen and oxygen atoms in total. The molecule has 1 atom stereocenters. The number of rotatable bonds is 6. The second-order valence-corrected chi connectivity index (χ2v) is 6.17. The Balaban J connectivity index is 1.47. The predicted molar refractivity (Wildman–Crippen MR) is 86.3 cm³/mol. The van der Waals surface area contributed by atoms with E-state index in [-0.39, 0.29) is 0 Å². The van der Waals surface area contributed by atoms with Crippen LogP contribution in [0.15, 0.2) is 42.6 Å². The summed E-state index contributed by atoms with van der Waals surface area (Å²) in [5.41, 5.74) is 2.55. The van der Waals surface area contributed by atoms with Crippen molar-refractivity contribution in [2.45, 2.75) is 51.1 Å². The molecule has 0 radical (unpaired) electrons. The van der Waals surface area contributed by atoms with E-state index in [4.69, 9.17) is 5.10 Å². The molecule has 1 aliphatic carbocycles. The largest absolute Gasteiger partial charge is 0.311 e. The maximum Gasteiger partial charge on any atom is 0.0762 e. The number of benzene rings is 1. The zero-order chi connectivity index (χ0) is 14.5. The molecule has 1 unspecified atom stereocenters. The average Bonchev–Trinajstić information content (AvgIpc) is 3.19. The zero-order valence-corrected chi connectivity index (χ0v) is 12.8. The summed E-state index contributed by atoms with van der Waals surface area (Å²) in [6.45, 7) is 4.11. The second-order valence-electron chi connectivity index (χ2n) is 6.17. The summed E-state index contributed by atoms with van der Waals surface area (Å²) >= 11 is 0. The molecule has 1 aromatic heterocycles. The minimum Gasteiger partial charge on any atom is -0.311 e. The van der Waals surface area contributed by atoms with Gasteiger partial charge in [0.25, 0.3) is 0 Å². The van der Waals surface area contributed by atoms with Crippen molar-refractivity contribution < 1.29 is 0 Å². The van der Waals surface area contributed by atoms with Crippen molar-refractivity contribution in [2.24, 2.45) is 0 Å². The molecule has 1 fully saturated rings. The number of nitrogens with zero attached hydrogens (tertiary/aromatic N) is 2. The van der Waals surface area contributed by atoms with E-state index in [2.05, 4.69) is 59.5 Å². The van der Waals surface area contributed by atoms with Crippen LogP contribution in [0.25, 0.3) is 0 Å². The molecule has 21 heavy (non-hydrogen) atoms. The Labute approximate surface area is 127 Å². The molecule has 2 aromatic rings. The van der Waals surface area contributed by atoms with Gasteiger partial charge in [0.1, 0.15) is 0 Å². The molecule has 1 N–H and O–H groups in total. The van der Waals surface area contributed by atoms with Gasteiger partial charge in [-0.15, -0.1) is 0 Å². The Hall–Kier alpha value is -1.61. The van der Waals surface area contributed by atoms with Crippen LogP contribution in [0.4, 0.5) is 0 Å². The SMILES string of the molecule is CC(CNCc1ccn(C2CCCC2)n1)c1ccccc1. The lowest BCUT2D eigenvalue weighted by Crippen LogP contribution is -2.20. The van der Waals surface area contributed by atoms with Crippen LogP contribution in [0.3, 0.4) is 0 Å². The fraction of sp³-hybridized carbons (Fsp3) is 0.500. The van der Waals surface area contributed by atoms with Crippen molar-refractivity contribution in [3.8, 4) is 0 Å². The van der Waals surface area contributed by atoms with Gasteiger partial charge in [-0.2, -0.15) is 5.10 Å². The zero-order valence-electron chi connectivity index (χ0n) is 12.8. The Morgan fingerprint density at radius 1 is 1.19 bits per heavy atom. The summed E-state index contributed by atoms with van der Waals surface area (Å²) in [6, 6.07) is 13.5. The van der Waals surface area contributed by atoms with Crippen LogP contribution in [0, 0.1) is 0 Å². The van der Waals surface area contributed by atoms with E-state index in [1.165, 1.54) is 31.2 Å². The van der Waals surface area contributed by atoms with Gasteiger partial charge in [-0.1, -0.05) is 50.1 Å². The normalized spacial score (nSPS) is 17.2. The molecule has 0 aliphatic heterocycles. The summed E-state index contributed by atoms with van der Waals surface area (Å²) in [4.78, 5) is 0. The maximum atomic E-state index is 4.72. The molecule has 0 bridgehead atoms. The van der Waals surface area contributed by atoms with Crippen LogP contribution in [0.1, 0.15) is 55.8 Å². The van der Waals surface area contributed by atoms with Gasteiger partial charge in [-0.05, 0) is 30.4 Å². The molecule has 0 amide bonds. The molecule has 112 valence electrons. The Bertz CT molecular complexity index is 541. The number of hydrogen-bond acceptors (Lipinski definition) is 2. The van der Waals surface area contributed by atoms with Crippen LogP contribution in [-0.2, 0) is 6.54 Å². The summed E-state index contributed by atoms with van der Waals surface area (Å²) < 4.78 is 2.17. The van der Waals surface area contributed by atoms with Gasteiger partial charge in [-0.3, -0.25) is 4.68 Å². The highest BCUT2D eigenvalue weighted by atomic mass is 15.3. The fourth-order valence-corrected chi connectivity index (χ4v) is 3.16. The first-order valence-electron chi connectivity index (χ1n) is 8.12. The van der Waals surface area contributed by atoms with E-state index < -0.39 is 0 Å². The first-order chi connectivity index (χ1) is 10.3. The smallest absolute Gasteiger partial charge is 0.0762 e. The van der Waals surface area contributed by atoms with Crippen LogP contribution in [0.2, 0.25) is 0 Å². The summed E-state index contributed by atoms with van der Waals surface area (Å²) in [5, 5.41) is 8.24. The summed E-state index contributed by atoms with van der Waals surface area (Å²) in [7, 11) is 0. The monoisotopic (exact) mass is 283 g/mol. The van der Waals surface area contributed by atoms with Crippen molar-refractivity contribution >= 4 is 0 Å². The van der Waals surface area contributed by atoms with E-state index in [9.17, 15) is 0 Å². The lowest BCUT2D eigenvalue weighted by atomic mass is 10.0. The predicted octanol–water partition coefficient (Wildman–Crippen LogP) is 3.89. The lowest BCUT2D eigenvalue weighted by molar-refractivity contribution is 0.460. The topological polar surface area (TPSA) is 29.9 Å². The fourth-order valence-electron chi connectivity index (χ4n) is 3.16. The molecule has 3 rings (SSSR count).